The van der Waals surface area contributed by atoms with Gasteiger partial charge in [-0.1, -0.05) is 37.3 Å². The first-order valence-corrected chi connectivity index (χ1v) is 7.42. The number of aromatic nitrogens is 2. The highest BCUT2D eigenvalue weighted by Gasteiger charge is 2.23. The van der Waals surface area contributed by atoms with E-state index in [1.807, 2.05) is 48.0 Å². The lowest BCUT2D eigenvalue weighted by molar-refractivity contribution is -0.653. The monoisotopic (exact) mass is 295 g/mol. The molecule has 0 atom stereocenters. The molecule has 1 aromatic heterocycles. The fraction of sp³-hybridized carbons (Fsp3) is 0.222. The molecule has 4 heteroatoms. The Morgan fingerprint density at radius 3 is 2.50 bits per heavy atom. The van der Waals surface area contributed by atoms with Crippen LogP contribution in [0.5, 0.6) is 5.75 Å². The molecule has 0 bridgehead atoms. The van der Waals surface area contributed by atoms with Gasteiger partial charge < -0.3 is 4.74 Å². The molecule has 22 heavy (non-hydrogen) atoms. The predicted octanol–water partition coefficient (Wildman–Crippen LogP) is 2.63. The molecule has 3 aromatic rings. The van der Waals surface area contributed by atoms with E-state index in [0.29, 0.717) is 5.75 Å². The molecular formula is C18H19N2O2+. The van der Waals surface area contributed by atoms with Crippen molar-refractivity contribution in [1.82, 2.24) is 4.57 Å². The van der Waals surface area contributed by atoms with Crippen molar-refractivity contribution in [1.29, 1.82) is 0 Å². The van der Waals surface area contributed by atoms with Crippen molar-refractivity contribution in [2.75, 3.05) is 0 Å². The minimum absolute atomic E-state index is 0.208. The third-order valence-corrected chi connectivity index (χ3v) is 3.81. The molecule has 0 aliphatic carbocycles. The van der Waals surface area contributed by atoms with Crippen molar-refractivity contribution in [3.63, 3.8) is 0 Å². The zero-order valence-electron chi connectivity index (χ0n) is 12.8. The summed E-state index contributed by atoms with van der Waals surface area (Å²) < 4.78 is 9.57. The van der Waals surface area contributed by atoms with Crippen LogP contribution < -0.4 is 9.30 Å². The van der Waals surface area contributed by atoms with Crippen LogP contribution in [0.2, 0.25) is 0 Å². The first-order chi connectivity index (χ1) is 10.7. The number of nitrogens with zero attached hydrogens (tertiary/aromatic N) is 2. The molecule has 0 spiro atoms. The van der Waals surface area contributed by atoms with Gasteiger partial charge in [-0.05, 0) is 24.3 Å². The summed E-state index contributed by atoms with van der Waals surface area (Å²) in [6, 6.07) is 17.3. The van der Waals surface area contributed by atoms with Crippen molar-refractivity contribution in [2.24, 2.45) is 7.05 Å². The third-order valence-electron chi connectivity index (χ3n) is 3.81. The number of carbonyl (C=O) groups is 1. The van der Waals surface area contributed by atoms with Gasteiger partial charge in [0.05, 0.1) is 7.05 Å². The summed E-state index contributed by atoms with van der Waals surface area (Å²) >= 11 is 0. The van der Waals surface area contributed by atoms with Crippen LogP contribution in [-0.2, 0) is 24.8 Å². The minimum atomic E-state index is -0.262. The van der Waals surface area contributed by atoms with Crippen LogP contribution in [0.15, 0.2) is 54.6 Å². The van der Waals surface area contributed by atoms with Crippen molar-refractivity contribution >= 4 is 17.0 Å². The summed E-state index contributed by atoms with van der Waals surface area (Å²) in [7, 11) is 2.03. The highest BCUT2D eigenvalue weighted by molar-refractivity contribution is 5.77. The number of benzene rings is 2. The molecule has 0 unspecified atom stereocenters. The highest BCUT2D eigenvalue weighted by Crippen LogP contribution is 2.15. The molecule has 0 saturated carbocycles. The third kappa shape index (κ3) is 2.60. The number of carbonyl (C=O) groups excluding carboxylic acids is 1. The van der Waals surface area contributed by atoms with Crippen LogP contribution >= 0.6 is 0 Å². The van der Waals surface area contributed by atoms with E-state index in [1.165, 1.54) is 0 Å². The summed E-state index contributed by atoms with van der Waals surface area (Å²) in [6.07, 6.45) is 0.851. The van der Waals surface area contributed by atoms with E-state index >= 15 is 0 Å². The Balaban J connectivity index is 1.92. The van der Waals surface area contributed by atoms with Gasteiger partial charge in [0.15, 0.2) is 17.6 Å². The Hall–Kier alpha value is -2.62. The van der Waals surface area contributed by atoms with E-state index in [4.69, 9.17) is 4.74 Å². The molecule has 2 aromatic carbocycles. The van der Waals surface area contributed by atoms with Crippen molar-refractivity contribution in [3.8, 4) is 5.75 Å². The average molecular weight is 295 g/mol. The molecule has 3 rings (SSSR count). The second-order valence-electron chi connectivity index (χ2n) is 5.19. The van der Waals surface area contributed by atoms with Gasteiger partial charge in [0, 0.05) is 6.42 Å². The maximum absolute atomic E-state index is 12.3. The number of rotatable bonds is 4. The van der Waals surface area contributed by atoms with E-state index in [-0.39, 0.29) is 12.5 Å². The maximum atomic E-state index is 12.3. The van der Waals surface area contributed by atoms with Crippen LogP contribution in [-0.4, -0.2) is 10.5 Å². The molecule has 0 saturated heterocycles. The van der Waals surface area contributed by atoms with E-state index in [1.54, 1.807) is 12.1 Å². The SMILES string of the molecule is CCc1n(CC(=O)Oc2ccccc2)c2ccccc2[n+]1C. The molecule has 0 N–H and O–H groups in total. The fourth-order valence-electron chi connectivity index (χ4n) is 2.82. The van der Waals surface area contributed by atoms with Gasteiger partial charge in [0.2, 0.25) is 0 Å². The van der Waals surface area contributed by atoms with Gasteiger partial charge >= 0.3 is 5.97 Å². The Labute approximate surface area is 129 Å². The second-order valence-corrected chi connectivity index (χ2v) is 5.19. The molecule has 4 nitrogen and oxygen atoms in total. The van der Waals surface area contributed by atoms with Gasteiger partial charge in [-0.25, -0.2) is 13.9 Å². The van der Waals surface area contributed by atoms with Crippen molar-refractivity contribution in [2.45, 2.75) is 19.9 Å². The molecular weight excluding hydrogens is 276 g/mol. The first-order valence-electron chi connectivity index (χ1n) is 7.42. The number of ether oxygens (including phenoxy) is 1. The second kappa shape index (κ2) is 6.02. The summed E-state index contributed by atoms with van der Waals surface area (Å²) in [5.74, 6) is 1.42. The lowest BCUT2D eigenvalue weighted by Gasteiger charge is -2.04. The Morgan fingerprint density at radius 1 is 1.09 bits per heavy atom. The van der Waals surface area contributed by atoms with Gasteiger partial charge in [-0.2, -0.15) is 0 Å². The molecule has 0 fully saturated rings. The summed E-state index contributed by atoms with van der Waals surface area (Å²) in [4.78, 5) is 12.3. The molecule has 0 aliphatic rings. The number of hydrogen-bond acceptors (Lipinski definition) is 2. The van der Waals surface area contributed by atoms with Crippen LogP contribution in [0.3, 0.4) is 0 Å². The molecule has 0 radical (unpaired) electrons. The maximum Gasteiger partial charge on any atom is 0.353 e. The van der Waals surface area contributed by atoms with Gasteiger partial charge in [-0.3, -0.25) is 0 Å². The standard InChI is InChI=1S/C18H19N2O2/c1-3-17-19(2)15-11-7-8-12-16(15)20(17)13-18(21)22-14-9-5-4-6-10-14/h4-12H,3,13H2,1-2H3/q+1. The topological polar surface area (TPSA) is 35.1 Å². The molecule has 1 heterocycles. The quantitative estimate of drug-likeness (QED) is 0.421. The highest BCUT2D eigenvalue weighted by atomic mass is 16.5. The number of esters is 1. The normalized spacial score (nSPS) is 10.8. The molecule has 112 valence electrons. The lowest BCUT2D eigenvalue weighted by atomic mass is 10.3. The summed E-state index contributed by atoms with van der Waals surface area (Å²) in [5, 5.41) is 0. The average Bonchev–Trinajstić information content (AvgIpc) is 2.81. The van der Waals surface area contributed by atoms with E-state index in [9.17, 15) is 4.79 Å². The largest absolute Gasteiger partial charge is 0.424 e. The van der Waals surface area contributed by atoms with Gasteiger partial charge in [-0.15, -0.1) is 0 Å². The minimum Gasteiger partial charge on any atom is -0.424 e. The number of hydrogen-bond donors (Lipinski definition) is 0. The van der Waals surface area contributed by atoms with Gasteiger partial charge in [0.25, 0.3) is 5.82 Å². The van der Waals surface area contributed by atoms with Crippen LogP contribution in [0.25, 0.3) is 11.0 Å². The van der Waals surface area contributed by atoms with E-state index in [2.05, 4.69) is 17.6 Å². The van der Waals surface area contributed by atoms with Crippen LogP contribution in [0.4, 0.5) is 0 Å². The molecule has 0 amide bonds. The zero-order valence-corrected chi connectivity index (χ0v) is 12.8. The lowest BCUT2D eigenvalue weighted by Crippen LogP contribution is -2.33. The smallest absolute Gasteiger partial charge is 0.353 e. The summed E-state index contributed by atoms with van der Waals surface area (Å²) in [5.41, 5.74) is 2.17. The number of fused-ring (bicyclic) bond motifs is 1. The Kier molecular flexibility index (Phi) is 3.92. The number of para-hydroxylation sites is 3. The Bertz CT molecular complexity index is 807. The van der Waals surface area contributed by atoms with E-state index < -0.39 is 0 Å². The molecule has 0 aliphatic heterocycles. The Morgan fingerprint density at radius 2 is 1.77 bits per heavy atom. The fourth-order valence-corrected chi connectivity index (χ4v) is 2.82. The van der Waals surface area contributed by atoms with E-state index in [0.717, 1.165) is 23.3 Å². The van der Waals surface area contributed by atoms with Gasteiger partial charge in [0.1, 0.15) is 5.75 Å². The summed E-state index contributed by atoms with van der Waals surface area (Å²) in [6.45, 7) is 2.30. The van der Waals surface area contributed by atoms with Crippen molar-refractivity contribution < 1.29 is 14.1 Å². The predicted molar refractivity (Wildman–Crippen MR) is 84.6 cm³/mol. The number of aryl methyl sites for hydroxylation is 1. The van der Waals surface area contributed by atoms with Crippen molar-refractivity contribution in [3.05, 3.63) is 60.4 Å². The van der Waals surface area contributed by atoms with Crippen LogP contribution in [0, 0.1) is 0 Å². The first kappa shape index (κ1) is 14.3. The van der Waals surface area contributed by atoms with Crippen LogP contribution in [0.1, 0.15) is 12.7 Å². The number of imidazole rings is 1. The zero-order chi connectivity index (χ0) is 15.5.